The molecule has 6 nitrogen and oxygen atoms in total. The Hall–Kier alpha value is -1.99. The molecule has 26 heavy (non-hydrogen) atoms. The summed E-state index contributed by atoms with van der Waals surface area (Å²) in [5.74, 6) is -0.101. The van der Waals surface area contributed by atoms with Crippen molar-refractivity contribution in [1.29, 1.82) is 0 Å². The quantitative estimate of drug-likeness (QED) is 0.735. The average molecular weight is 399 g/mol. The number of halogens is 2. The summed E-state index contributed by atoms with van der Waals surface area (Å²) < 4.78 is 5.60. The van der Waals surface area contributed by atoms with Gasteiger partial charge < -0.3 is 25.6 Å². The zero-order chi connectivity index (χ0) is 18.0. The van der Waals surface area contributed by atoms with Gasteiger partial charge in [0.25, 0.3) is 5.91 Å². The standard InChI is InChI=1S/C18H19ClN2O4.ClH/c19-14-3-1-2-11(7-14)12-6-13-10-21(18(24)16(23)9-20)4-5-25-17(13)15(22)8-12;/h1-3,6-8,16,22-23H,4-5,9-10,20H2;1H. The van der Waals surface area contributed by atoms with E-state index in [1.807, 2.05) is 18.2 Å². The van der Waals surface area contributed by atoms with E-state index in [-0.39, 0.29) is 37.9 Å². The molecule has 0 aromatic heterocycles. The molecule has 4 N–H and O–H groups in total. The number of aromatic hydroxyl groups is 1. The highest BCUT2D eigenvalue weighted by atomic mass is 35.5. The molecule has 0 fully saturated rings. The number of carbonyl (C=O) groups is 1. The first kappa shape index (κ1) is 20.3. The smallest absolute Gasteiger partial charge is 0.253 e. The number of carbonyl (C=O) groups excluding carboxylic acids is 1. The third-order valence-electron chi connectivity index (χ3n) is 4.09. The molecule has 3 rings (SSSR count). The fraction of sp³-hybridized carbons (Fsp3) is 0.278. The van der Waals surface area contributed by atoms with Crippen LogP contribution in [-0.4, -0.2) is 46.8 Å². The number of phenols is 1. The molecule has 1 unspecified atom stereocenters. The molecule has 1 amide bonds. The largest absolute Gasteiger partial charge is 0.504 e. The highest BCUT2D eigenvalue weighted by Gasteiger charge is 2.26. The first-order valence-corrected chi connectivity index (χ1v) is 8.29. The van der Waals surface area contributed by atoms with Crippen molar-refractivity contribution in [3.05, 3.63) is 47.0 Å². The number of aliphatic hydroxyl groups excluding tert-OH is 1. The number of fused-ring (bicyclic) bond motifs is 1. The average Bonchev–Trinajstić information content (AvgIpc) is 2.83. The van der Waals surface area contributed by atoms with E-state index in [4.69, 9.17) is 22.1 Å². The molecule has 0 aliphatic carbocycles. The van der Waals surface area contributed by atoms with Gasteiger partial charge >= 0.3 is 0 Å². The Kier molecular flexibility index (Phi) is 6.72. The molecule has 1 atom stereocenters. The molecule has 0 radical (unpaired) electrons. The zero-order valence-electron chi connectivity index (χ0n) is 13.9. The van der Waals surface area contributed by atoms with Gasteiger partial charge in [0.2, 0.25) is 0 Å². The maximum atomic E-state index is 12.2. The van der Waals surface area contributed by atoms with Gasteiger partial charge in [0, 0.05) is 23.7 Å². The Morgan fingerprint density at radius 3 is 2.77 bits per heavy atom. The van der Waals surface area contributed by atoms with Gasteiger partial charge in [0.15, 0.2) is 11.5 Å². The molecule has 8 heteroatoms. The number of ether oxygens (including phenoxy) is 1. The van der Waals surface area contributed by atoms with Gasteiger partial charge in [-0.05, 0) is 35.4 Å². The van der Waals surface area contributed by atoms with Gasteiger partial charge in [0.05, 0.1) is 6.54 Å². The number of aliphatic hydroxyl groups is 1. The van der Waals surface area contributed by atoms with E-state index in [1.165, 1.54) is 4.90 Å². The monoisotopic (exact) mass is 398 g/mol. The predicted molar refractivity (Wildman–Crippen MR) is 102 cm³/mol. The second-order valence-electron chi connectivity index (χ2n) is 5.85. The van der Waals surface area contributed by atoms with Crippen LogP contribution >= 0.6 is 24.0 Å². The van der Waals surface area contributed by atoms with Crippen LogP contribution in [-0.2, 0) is 11.3 Å². The predicted octanol–water partition coefficient (Wildman–Crippen LogP) is 2.17. The SMILES string of the molecule is Cl.NCC(O)C(=O)N1CCOc2c(O)cc(-c3cccc(Cl)c3)cc2C1. The van der Waals surface area contributed by atoms with Crippen LogP contribution in [0.4, 0.5) is 0 Å². The first-order valence-electron chi connectivity index (χ1n) is 7.91. The van der Waals surface area contributed by atoms with Crippen LogP contribution < -0.4 is 10.5 Å². The topological polar surface area (TPSA) is 96.0 Å². The van der Waals surface area contributed by atoms with Crippen LogP contribution in [0.1, 0.15) is 5.56 Å². The summed E-state index contributed by atoms with van der Waals surface area (Å²) in [6.45, 7) is 0.598. The van der Waals surface area contributed by atoms with E-state index in [0.29, 0.717) is 22.9 Å². The molecule has 0 bridgehead atoms. The molecule has 2 aromatic rings. The van der Waals surface area contributed by atoms with Gasteiger partial charge in [-0.25, -0.2) is 0 Å². The summed E-state index contributed by atoms with van der Waals surface area (Å²) in [4.78, 5) is 13.7. The summed E-state index contributed by atoms with van der Waals surface area (Å²) in [5.41, 5.74) is 7.63. The number of benzene rings is 2. The zero-order valence-corrected chi connectivity index (χ0v) is 15.5. The third kappa shape index (κ3) is 4.22. The molecule has 1 aliphatic rings. The van der Waals surface area contributed by atoms with Crippen molar-refractivity contribution in [3.63, 3.8) is 0 Å². The normalized spacial score (nSPS) is 14.5. The van der Waals surface area contributed by atoms with Gasteiger partial charge in [-0.2, -0.15) is 0 Å². The third-order valence-corrected chi connectivity index (χ3v) is 4.33. The van der Waals surface area contributed by atoms with Gasteiger partial charge in [-0.1, -0.05) is 23.7 Å². The summed E-state index contributed by atoms with van der Waals surface area (Å²) in [5, 5.41) is 20.6. The molecular weight excluding hydrogens is 379 g/mol. The number of amides is 1. The molecular formula is C18H20Cl2N2O4. The van der Waals surface area contributed by atoms with Crippen LogP contribution in [0, 0.1) is 0 Å². The lowest BCUT2D eigenvalue weighted by Crippen LogP contribution is -2.43. The first-order chi connectivity index (χ1) is 12.0. The van der Waals surface area contributed by atoms with E-state index < -0.39 is 12.0 Å². The van der Waals surface area contributed by atoms with Crippen molar-refractivity contribution >= 4 is 29.9 Å². The fourth-order valence-electron chi connectivity index (χ4n) is 2.83. The second kappa shape index (κ2) is 8.60. The van der Waals surface area contributed by atoms with E-state index in [2.05, 4.69) is 0 Å². The Morgan fingerprint density at radius 2 is 2.08 bits per heavy atom. The van der Waals surface area contributed by atoms with E-state index in [9.17, 15) is 15.0 Å². The van der Waals surface area contributed by atoms with Crippen LogP contribution in [0.2, 0.25) is 5.02 Å². The summed E-state index contributed by atoms with van der Waals surface area (Å²) in [6.07, 6.45) is -1.24. The maximum absolute atomic E-state index is 12.2. The molecule has 140 valence electrons. The number of nitrogens with two attached hydrogens (primary N) is 1. The Morgan fingerprint density at radius 1 is 1.31 bits per heavy atom. The van der Waals surface area contributed by atoms with Crippen molar-refractivity contribution in [2.45, 2.75) is 12.6 Å². The maximum Gasteiger partial charge on any atom is 0.253 e. The molecule has 2 aromatic carbocycles. The highest BCUT2D eigenvalue weighted by Crippen LogP contribution is 2.38. The van der Waals surface area contributed by atoms with Gasteiger partial charge in [-0.3, -0.25) is 4.79 Å². The number of hydrogen-bond acceptors (Lipinski definition) is 5. The number of hydrogen-bond donors (Lipinski definition) is 3. The Bertz CT molecular complexity index is 801. The van der Waals surface area contributed by atoms with Crippen molar-refractivity contribution in [2.24, 2.45) is 5.73 Å². The van der Waals surface area contributed by atoms with E-state index in [0.717, 1.165) is 11.1 Å². The van der Waals surface area contributed by atoms with Crippen LogP contribution in [0.15, 0.2) is 36.4 Å². The molecule has 0 saturated heterocycles. The molecule has 0 spiro atoms. The minimum absolute atomic E-state index is 0. The highest BCUT2D eigenvalue weighted by molar-refractivity contribution is 6.30. The minimum atomic E-state index is -1.24. The molecule has 1 heterocycles. The van der Waals surface area contributed by atoms with Crippen LogP contribution in [0.5, 0.6) is 11.5 Å². The lowest BCUT2D eigenvalue weighted by atomic mass is 10.0. The lowest BCUT2D eigenvalue weighted by Gasteiger charge is -2.22. The Balaban J connectivity index is 0.00000243. The van der Waals surface area contributed by atoms with Crippen molar-refractivity contribution in [3.8, 4) is 22.6 Å². The molecule has 1 aliphatic heterocycles. The number of rotatable bonds is 3. The summed E-state index contributed by atoms with van der Waals surface area (Å²) in [6, 6.07) is 10.7. The summed E-state index contributed by atoms with van der Waals surface area (Å²) in [7, 11) is 0. The van der Waals surface area contributed by atoms with Gasteiger partial charge in [0.1, 0.15) is 12.7 Å². The van der Waals surface area contributed by atoms with Crippen molar-refractivity contribution in [1.82, 2.24) is 4.90 Å². The van der Waals surface area contributed by atoms with Crippen LogP contribution in [0.25, 0.3) is 11.1 Å². The Labute approximate surface area is 162 Å². The number of nitrogens with zero attached hydrogens (tertiary/aromatic N) is 1. The van der Waals surface area contributed by atoms with E-state index in [1.54, 1.807) is 18.2 Å². The van der Waals surface area contributed by atoms with Crippen molar-refractivity contribution < 1.29 is 19.7 Å². The second-order valence-corrected chi connectivity index (χ2v) is 6.29. The van der Waals surface area contributed by atoms with Crippen LogP contribution in [0.3, 0.4) is 0 Å². The lowest BCUT2D eigenvalue weighted by molar-refractivity contribution is -0.140. The van der Waals surface area contributed by atoms with Gasteiger partial charge in [-0.15, -0.1) is 12.4 Å². The molecule has 0 saturated carbocycles. The fourth-order valence-corrected chi connectivity index (χ4v) is 3.02. The minimum Gasteiger partial charge on any atom is -0.504 e. The van der Waals surface area contributed by atoms with E-state index >= 15 is 0 Å². The summed E-state index contributed by atoms with van der Waals surface area (Å²) >= 11 is 6.04. The van der Waals surface area contributed by atoms with Crippen molar-refractivity contribution in [2.75, 3.05) is 19.7 Å². The number of phenolic OH excluding ortho intramolecular Hbond substituents is 1.